The van der Waals surface area contributed by atoms with Gasteiger partial charge in [-0.2, -0.15) is 0 Å². The van der Waals surface area contributed by atoms with Crippen LogP contribution >= 0.6 is 11.6 Å². The maximum atomic E-state index is 13.2. The van der Waals surface area contributed by atoms with Gasteiger partial charge in [0, 0.05) is 11.4 Å². The van der Waals surface area contributed by atoms with E-state index in [-0.39, 0.29) is 17.3 Å². The van der Waals surface area contributed by atoms with E-state index in [1.807, 2.05) is 26.0 Å². The van der Waals surface area contributed by atoms with Crippen LogP contribution in [0.2, 0.25) is 5.02 Å². The van der Waals surface area contributed by atoms with Crippen molar-refractivity contribution in [2.75, 3.05) is 10.6 Å². The average molecular weight is 416 g/mol. The van der Waals surface area contributed by atoms with Gasteiger partial charge in [-0.1, -0.05) is 28.9 Å². The standard InChI is InChI=1S/C20H19ClFN5O2/c1-11-5-4-6-17(12(11)2)24-20(29)19-13(3)27(26-25-19)10-18(28)23-14-7-8-16(22)15(21)9-14/h4-9H,10H2,1-3H3,(H,23,28)(H,24,29). The van der Waals surface area contributed by atoms with Crippen LogP contribution in [0.25, 0.3) is 0 Å². The van der Waals surface area contributed by atoms with Crippen molar-refractivity contribution < 1.29 is 14.0 Å². The first-order chi connectivity index (χ1) is 13.8. The summed E-state index contributed by atoms with van der Waals surface area (Å²) in [6.45, 7) is 5.37. The van der Waals surface area contributed by atoms with E-state index in [9.17, 15) is 14.0 Å². The summed E-state index contributed by atoms with van der Waals surface area (Å²) in [6, 6.07) is 9.49. The van der Waals surface area contributed by atoms with Crippen LogP contribution in [0.1, 0.15) is 27.3 Å². The van der Waals surface area contributed by atoms with Crippen molar-refractivity contribution >= 4 is 34.8 Å². The van der Waals surface area contributed by atoms with E-state index in [4.69, 9.17) is 11.6 Å². The summed E-state index contributed by atoms with van der Waals surface area (Å²) < 4.78 is 14.5. The van der Waals surface area contributed by atoms with Gasteiger partial charge >= 0.3 is 0 Å². The van der Waals surface area contributed by atoms with Gasteiger partial charge in [-0.15, -0.1) is 5.10 Å². The molecule has 0 bridgehead atoms. The van der Waals surface area contributed by atoms with Crippen LogP contribution in [0.15, 0.2) is 36.4 Å². The van der Waals surface area contributed by atoms with E-state index in [2.05, 4.69) is 20.9 Å². The highest BCUT2D eigenvalue weighted by Crippen LogP contribution is 2.20. The molecular formula is C20H19ClFN5O2. The number of nitrogens with zero attached hydrogens (tertiary/aromatic N) is 3. The van der Waals surface area contributed by atoms with Crippen LogP contribution in [-0.4, -0.2) is 26.8 Å². The number of amides is 2. The lowest BCUT2D eigenvalue weighted by molar-refractivity contribution is -0.117. The topological polar surface area (TPSA) is 88.9 Å². The monoisotopic (exact) mass is 415 g/mol. The molecule has 3 aromatic rings. The Labute approximate surface area is 171 Å². The number of halogens is 2. The van der Waals surface area contributed by atoms with Crippen LogP contribution in [0.5, 0.6) is 0 Å². The van der Waals surface area contributed by atoms with Crippen molar-refractivity contribution in [2.24, 2.45) is 0 Å². The Kier molecular flexibility index (Phi) is 5.93. The molecule has 150 valence electrons. The summed E-state index contributed by atoms with van der Waals surface area (Å²) in [5, 5.41) is 13.1. The lowest BCUT2D eigenvalue weighted by atomic mass is 10.1. The Morgan fingerprint density at radius 1 is 1.14 bits per heavy atom. The second-order valence-corrected chi connectivity index (χ2v) is 6.97. The fourth-order valence-electron chi connectivity index (χ4n) is 2.70. The number of carbonyl (C=O) groups excluding carboxylic acids is 2. The van der Waals surface area contributed by atoms with E-state index >= 15 is 0 Å². The van der Waals surface area contributed by atoms with E-state index < -0.39 is 17.6 Å². The van der Waals surface area contributed by atoms with Crippen molar-refractivity contribution in [3.8, 4) is 0 Å². The van der Waals surface area contributed by atoms with Crippen LogP contribution < -0.4 is 10.6 Å². The minimum Gasteiger partial charge on any atom is -0.324 e. The van der Waals surface area contributed by atoms with Gasteiger partial charge in [-0.05, 0) is 56.2 Å². The Hall–Kier alpha value is -3.26. The summed E-state index contributed by atoms with van der Waals surface area (Å²) in [6.07, 6.45) is 0. The SMILES string of the molecule is Cc1cccc(NC(=O)c2nnn(CC(=O)Nc3ccc(F)c(Cl)c3)c2C)c1C. The summed E-state index contributed by atoms with van der Waals surface area (Å²) >= 11 is 5.71. The molecule has 0 aliphatic heterocycles. The van der Waals surface area contributed by atoms with E-state index in [0.717, 1.165) is 17.2 Å². The van der Waals surface area contributed by atoms with E-state index in [0.29, 0.717) is 17.1 Å². The van der Waals surface area contributed by atoms with Gasteiger partial charge in [-0.25, -0.2) is 9.07 Å². The minimum atomic E-state index is -0.573. The van der Waals surface area contributed by atoms with Crippen LogP contribution in [0.4, 0.5) is 15.8 Å². The number of hydrogen-bond acceptors (Lipinski definition) is 4. The summed E-state index contributed by atoms with van der Waals surface area (Å²) in [4.78, 5) is 24.8. The molecule has 0 spiro atoms. The van der Waals surface area contributed by atoms with Gasteiger partial charge in [0.2, 0.25) is 5.91 Å². The van der Waals surface area contributed by atoms with Gasteiger partial charge in [0.05, 0.1) is 10.7 Å². The Morgan fingerprint density at radius 2 is 1.90 bits per heavy atom. The third kappa shape index (κ3) is 4.60. The van der Waals surface area contributed by atoms with Crippen LogP contribution in [-0.2, 0) is 11.3 Å². The maximum absolute atomic E-state index is 13.2. The molecular weight excluding hydrogens is 397 g/mol. The molecule has 2 amide bonds. The highest BCUT2D eigenvalue weighted by molar-refractivity contribution is 6.31. The third-order valence-electron chi connectivity index (χ3n) is 4.55. The molecule has 1 heterocycles. The molecule has 0 fully saturated rings. The predicted molar refractivity (Wildman–Crippen MR) is 109 cm³/mol. The fraction of sp³-hybridized carbons (Fsp3) is 0.200. The highest BCUT2D eigenvalue weighted by atomic mass is 35.5. The lowest BCUT2D eigenvalue weighted by Crippen LogP contribution is -2.21. The third-order valence-corrected chi connectivity index (χ3v) is 4.84. The number of aromatic nitrogens is 3. The van der Waals surface area contributed by atoms with E-state index in [1.54, 1.807) is 13.0 Å². The molecule has 0 saturated carbocycles. The quantitative estimate of drug-likeness (QED) is 0.661. The van der Waals surface area contributed by atoms with Crippen molar-refractivity contribution in [2.45, 2.75) is 27.3 Å². The molecule has 0 saturated heterocycles. The first kappa shape index (κ1) is 20.5. The first-order valence-corrected chi connectivity index (χ1v) is 9.16. The molecule has 2 N–H and O–H groups in total. The smallest absolute Gasteiger partial charge is 0.278 e. The molecule has 0 aliphatic carbocycles. The number of anilines is 2. The number of carbonyl (C=O) groups is 2. The normalized spacial score (nSPS) is 10.7. The Balaban J connectivity index is 1.69. The van der Waals surface area contributed by atoms with Gasteiger partial charge in [0.25, 0.3) is 5.91 Å². The van der Waals surface area contributed by atoms with Crippen molar-refractivity contribution in [3.63, 3.8) is 0 Å². The molecule has 1 aromatic heterocycles. The van der Waals surface area contributed by atoms with Gasteiger partial charge in [0.15, 0.2) is 5.69 Å². The second-order valence-electron chi connectivity index (χ2n) is 6.56. The molecule has 0 aliphatic rings. The van der Waals surface area contributed by atoms with Crippen molar-refractivity contribution in [1.82, 2.24) is 15.0 Å². The van der Waals surface area contributed by atoms with Gasteiger partial charge < -0.3 is 10.6 Å². The van der Waals surface area contributed by atoms with Crippen LogP contribution in [0, 0.1) is 26.6 Å². The van der Waals surface area contributed by atoms with Gasteiger partial charge in [-0.3, -0.25) is 9.59 Å². The number of nitrogens with one attached hydrogen (secondary N) is 2. The number of hydrogen-bond donors (Lipinski definition) is 2. The fourth-order valence-corrected chi connectivity index (χ4v) is 2.88. The molecule has 2 aromatic carbocycles. The van der Waals surface area contributed by atoms with Crippen molar-refractivity contribution in [3.05, 3.63) is 69.8 Å². The lowest BCUT2D eigenvalue weighted by Gasteiger charge is -2.10. The van der Waals surface area contributed by atoms with Crippen molar-refractivity contribution in [1.29, 1.82) is 0 Å². The number of rotatable bonds is 5. The minimum absolute atomic E-state index is 0.0925. The molecule has 7 nitrogen and oxygen atoms in total. The number of aryl methyl sites for hydroxylation is 1. The molecule has 3 rings (SSSR count). The molecule has 29 heavy (non-hydrogen) atoms. The zero-order chi connectivity index (χ0) is 21.1. The number of benzene rings is 2. The first-order valence-electron chi connectivity index (χ1n) is 8.79. The second kappa shape index (κ2) is 8.40. The predicted octanol–water partition coefficient (Wildman–Crippen LogP) is 3.89. The summed E-state index contributed by atoms with van der Waals surface area (Å²) in [5.41, 5.74) is 3.63. The summed E-state index contributed by atoms with van der Waals surface area (Å²) in [5.74, 6) is -1.40. The van der Waals surface area contributed by atoms with Crippen LogP contribution in [0.3, 0.4) is 0 Å². The molecule has 0 atom stereocenters. The Bertz CT molecular complexity index is 1100. The zero-order valence-electron chi connectivity index (χ0n) is 16.1. The molecule has 0 radical (unpaired) electrons. The maximum Gasteiger partial charge on any atom is 0.278 e. The zero-order valence-corrected chi connectivity index (χ0v) is 16.8. The highest BCUT2D eigenvalue weighted by Gasteiger charge is 2.19. The largest absolute Gasteiger partial charge is 0.324 e. The molecule has 9 heteroatoms. The summed E-state index contributed by atoms with van der Waals surface area (Å²) in [7, 11) is 0. The van der Waals surface area contributed by atoms with E-state index in [1.165, 1.54) is 16.8 Å². The Morgan fingerprint density at radius 3 is 2.62 bits per heavy atom. The molecule has 0 unspecified atom stereocenters. The average Bonchev–Trinajstić information content (AvgIpc) is 3.02. The van der Waals surface area contributed by atoms with Gasteiger partial charge in [0.1, 0.15) is 12.4 Å².